The van der Waals surface area contributed by atoms with Crippen molar-refractivity contribution in [3.05, 3.63) is 59.7 Å². The Morgan fingerprint density at radius 3 is 2.31 bits per heavy atom. The number of aliphatic carboxylic acids is 1. The van der Waals surface area contributed by atoms with Gasteiger partial charge in [0.1, 0.15) is 17.7 Å². The summed E-state index contributed by atoms with van der Waals surface area (Å²) >= 11 is 0. The van der Waals surface area contributed by atoms with Gasteiger partial charge >= 0.3 is 12.1 Å². The topological polar surface area (TPSA) is 105 Å². The highest BCUT2D eigenvalue weighted by Crippen LogP contribution is 2.44. The Morgan fingerprint density at radius 1 is 1.09 bits per heavy atom. The summed E-state index contributed by atoms with van der Waals surface area (Å²) in [5.41, 5.74) is 1.88. The monoisotopic (exact) mass is 478 g/mol. The minimum Gasteiger partial charge on any atom is -0.479 e. The van der Waals surface area contributed by atoms with Crippen molar-refractivity contribution in [2.24, 2.45) is 0 Å². The molecule has 2 unspecified atom stereocenters. The van der Waals surface area contributed by atoms with Crippen LogP contribution in [0.3, 0.4) is 0 Å². The van der Waals surface area contributed by atoms with Crippen LogP contribution < -0.4 is 5.32 Å². The smallest absolute Gasteiger partial charge is 0.408 e. The van der Waals surface area contributed by atoms with E-state index in [2.05, 4.69) is 17.4 Å². The molecular weight excluding hydrogens is 448 g/mol. The molecule has 2 atom stereocenters. The SMILES string of the molecule is CCC1(C(=O)O)CCCN1C(=O)C1(NC(=O)OCC2c3ccccc3-c3ccccc32)CCOC1. The fourth-order valence-corrected chi connectivity index (χ4v) is 5.89. The van der Waals surface area contributed by atoms with Gasteiger partial charge in [-0.15, -0.1) is 0 Å². The van der Waals surface area contributed by atoms with Crippen molar-refractivity contribution in [1.29, 1.82) is 0 Å². The molecule has 3 aliphatic rings. The molecular formula is C27H30N2O6. The summed E-state index contributed by atoms with van der Waals surface area (Å²) in [5, 5.41) is 12.7. The van der Waals surface area contributed by atoms with Crippen molar-refractivity contribution < 1.29 is 29.0 Å². The van der Waals surface area contributed by atoms with Crippen LogP contribution in [0.2, 0.25) is 0 Å². The predicted octanol–water partition coefficient (Wildman–Crippen LogP) is 3.54. The van der Waals surface area contributed by atoms with Crippen LogP contribution in [0.15, 0.2) is 48.5 Å². The second kappa shape index (κ2) is 9.00. The standard InChI is InChI=1S/C27H30N2O6/c1-2-27(24(31)32)12-7-14-29(27)23(30)26(13-15-34-17-26)28-25(33)35-16-22-20-10-5-3-8-18(20)19-9-4-6-11-21(19)22/h3-6,8-11,22H,2,7,12-17H2,1H3,(H,28,33)(H,31,32). The summed E-state index contributed by atoms with van der Waals surface area (Å²) in [4.78, 5) is 40.2. The second-order valence-electron chi connectivity index (χ2n) is 9.59. The van der Waals surface area contributed by atoms with Gasteiger partial charge in [-0.1, -0.05) is 55.5 Å². The van der Waals surface area contributed by atoms with Crippen LogP contribution in [0.1, 0.15) is 49.7 Å². The maximum atomic E-state index is 13.7. The van der Waals surface area contributed by atoms with Gasteiger partial charge in [-0.3, -0.25) is 4.79 Å². The van der Waals surface area contributed by atoms with E-state index in [9.17, 15) is 19.5 Å². The normalized spacial score (nSPS) is 25.2. The summed E-state index contributed by atoms with van der Waals surface area (Å²) in [6, 6.07) is 16.1. The highest BCUT2D eigenvalue weighted by Gasteiger charge is 2.55. The Kier molecular flexibility index (Phi) is 6.01. The molecule has 2 fully saturated rings. The molecule has 35 heavy (non-hydrogen) atoms. The predicted molar refractivity (Wildman–Crippen MR) is 128 cm³/mol. The van der Waals surface area contributed by atoms with Crippen LogP contribution in [-0.2, 0) is 19.1 Å². The van der Waals surface area contributed by atoms with Crippen LogP contribution >= 0.6 is 0 Å². The quantitative estimate of drug-likeness (QED) is 0.658. The fourth-order valence-electron chi connectivity index (χ4n) is 5.89. The van der Waals surface area contributed by atoms with Crippen molar-refractivity contribution in [3.8, 4) is 11.1 Å². The van der Waals surface area contributed by atoms with Gasteiger partial charge in [0, 0.05) is 25.5 Å². The summed E-state index contributed by atoms with van der Waals surface area (Å²) < 4.78 is 11.2. The molecule has 5 rings (SSSR count). The third kappa shape index (κ3) is 3.76. The number of carboxylic acids is 1. The Morgan fingerprint density at radius 2 is 1.74 bits per heavy atom. The molecule has 0 radical (unpaired) electrons. The molecule has 1 aliphatic carbocycles. The van der Waals surface area contributed by atoms with Crippen LogP contribution in [0.25, 0.3) is 11.1 Å². The number of carboxylic acid groups (broad SMARTS) is 1. The fraction of sp³-hybridized carbons (Fsp3) is 0.444. The van der Waals surface area contributed by atoms with E-state index in [0.29, 0.717) is 32.4 Å². The molecule has 8 heteroatoms. The number of nitrogens with one attached hydrogen (secondary N) is 1. The maximum absolute atomic E-state index is 13.7. The Labute approximate surface area is 204 Å². The number of fused-ring (bicyclic) bond motifs is 3. The first-order valence-electron chi connectivity index (χ1n) is 12.2. The second-order valence-corrected chi connectivity index (χ2v) is 9.59. The van der Waals surface area contributed by atoms with E-state index in [1.54, 1.807) is 6.92 Å². The molecule has 2 amide bonds. The molecule has 2 heterocycles. The molecule has 0 bridgehead atoms. The van der Waals surface area contributed by atoms with E-state index in [4.69, 9.17) is 9.47 Å². The van der Waals surface area contributed by atoms with Gasteiger partial charge in [0.2, 0.25) is 0 Å². The molecule has 2 saturated heterocycles. The molecule has 184 valence electrons. The number of hydrogen-bond donors (Lipinski definition) is 2. The minimum absolute atomic E-state index is 0.00799. The van der Waals surface area contributed by atoms with Crippen molar-refractivity contribution in [3.63, 3.8) is 0 Å². The average molecular weight is 479 g/mol. The van der Waals surface area contributed by atoms with Crippen molar-refractivity contribution in [1.82, 2.24) is 10.2 Å². The lowest BCUT2D eigenvalue weighted by Crippen LogP contribution is -2.65. The van der Waals surface area contributed by atoms with Gasteiger partial charge in [0.15, 0.2) is 0 Å². The van der Waals surface area contributed by atoms with Crippen molar-refractivity contribution in [2.75, 3.05) is 26.4 Å². The van der Waals surface area contributed by atoms with Gasteiger partial charge in [-0.05, 0) is 41.5 Å². The molecule has 2 aromatic rings. The third-order valence-electron chi connectivity index (χ3n) is 7.83. The number of benzene rings is 2. The van der Waals surface area contributed by atoms with Crippen LogP contribution in [0.5, 0.6) is 0 Å². The van der Waals surface area contributed by atoms with Gasteiger partial charge in [-0.25, -0.2) is 9.59 Å². The first-order chi connectivity index (χ1) is 16.9. The molecule has 0 aromatic heterocycles. The lowest BCUT2D eigenvalue weighted by Gasteiger charge is -2.39. The molecule has 2 aliphatic heterocycles. The van der Waals surface area contributed by atoms with E-state index in [-0.39, 0.29) is 25.6 Å². The maximum Gasteiger partial charge on any atom is 0.408 e. The van der Waals surface area contributed by atoms with Gasteiger partial charge in [0.05, 0.1) is 6.61 Å². The number of carbonyl (C=O) groups is 3. The highest BCUT2D eigenvalue weighted by atomic mass is 16.6. The number of amides is 2. The minimum atomic E-state index is -1.33. The summed E-state index contributed by atoms with van der Waals surface area (Å²) in [7, 11) is 0. The van der Waals surface area contributed by atoms with Crippen molar-refractivity contribution >= 4 is 18.0 Å². The number of carbonyl (C=O) groups excluding carboxylic acids is 2. The Bertz CT molecular complexity index is 1110. The number of alkyl carbamates (subject to hydrolysis) is 1. The largest absolute Gasteiger partial charge is 0.479 e. The number of hydrogen-bond acceptors (Lipinski definition) is 5. The van der Waals surface area contributed by atoms with Crippen LogP contribution in [0, 0.1) is 0 Å². The summed E-state index contributed by atoms with van der Waals surface area (Å²) in [6.45, 7) is 2.54. The van der Waals surface area contributed by atoms with E-state index in [1.807, 2.05) is 36.4 Å². The average Bonchev–Trinajstić information content (AvgIpc) is 3.59. The zero-order valence-electron chi connectivity index (χ0n) is 19.8. The molecule has 2 aromatic carbocycles. The van der Waals surface area contributed by atoms with E-state index < -0.39 is 29.0 Å². The van der Waals surface area contributed by atoms with Crippen LogP contribution in [0.4, 0.5) is 4.79 Å². The zero-order chi connectivity index (χ0) is 24.6. The first kappa shape index (κ1) is 23.4. The number of likely N-dealkylation sites (tertiary alicyclic amines) is 1. The molecule has 8 nitrogen and oxygen atoms in total. The first-order valence-corrected chi connectivity index (χ1v) is 12.2. The lowest BCUT2D eigenvalue weighted by atomic mass is 9.89. The van der Waals surface area contributed by atoms with E-state index in [1.165, 1.54) is 4.90 Å². The molecule has 0 saturated carbocycles. The van der Waals surface area contributed by atoms with E-state index >= 15 is 0 Å². The summed E-state index contributed by atoms with van der Waals surface area (Å²) in [6.07, 6.45) is 0.865. The molecule has 0 spiro atoms. The van der Waals surface area contributed by atoms with Crippen molar-refractivity contribution in [2.45, 2.75) is 49.6 Å². The number of rotatable bonds is 6. The Balaban J connectivity index is 1.32. The number of nitrogens with zero attached hydrogens (tertiary/aromatic N) is 1. The summed E-state index contributed by atoms with van der Waals surface area (Å²) in [5.74, 6) is -1.52. The van der Waals surface area contributed by atoms with Crippen LogP contribution in [-0.4, -0.2) is 65.4 Å². The highest BCUT2D eigenvalue weighted by molar-refractivity contribution is 5.95. The van der Waals surface area contributed by atoms with Gasteiger partial charge in [-0.2, -0.15) is 0 Å². The van der Waals surface area contributed by atoms with Gasteiger partial charge in [0.25, 0.3) is 5.91 Å². The third-order valence-corrected chi connectivity index (χ3v) is 7.83. The lowest BCUT2D eigenvalue weighted by molar-refractivity contribution is -0.159. The van der Waals surface area contributed by atoms with Gasteiger partial charge < -0.3 is 24.8 Å². The Hall–Kier alpha value is -3.39. The number of ether oxygens (including phenoxy) is 2. The molecule has 2 N–H and O–H groups in total. The zero-order valence-corrected chi connectivity index (χ0v) is 19.8. The van der Waals surface area contributed by atoms with E-state index in [0.717, 1.165) is 22.3 Å².